The first-order valence-corrected chi connectivity index (χ1v) is 6.56. The molecule has 0 amide bonds. The summed E-state index contributed by atoms with van der Waals surface area (Å²) in [5.74, 6) is -0.449. The van der Waals surface area contributed by atoms with Crippen LogP contribution >= 0.6 is 0 Å². The highest BCUT2D eigenvalue weighted by Gasteiger charge is 2.58. The lowest BCUT2D eigenvalue weighted by molar-refractivity contribution is -0.236. The van der Waals surface area contributed by atoms with Crippen molar-refractivity contribution >= 4 is 5.97 Å². The molecule has 2 aliphatic heterocycles. The molecule has 3 nitrogen and oxygen atoms in total. The molecule has 0 radical (unpaired) electrons. The fourth-order valence-corrected chi connectivity index (χ4v) is 3.14. The molecule has 0 aliphatic carbocycles. The van der Waals surface area contributed by atoms with E-state index in [4.69, 9.17) is 9.47 Å². The highest BCUT2D eigenvalue weighted by atomic mass is 16.7. The zero-order valence-electron chi connectivity index (χ0n) is 10.8. The van der Waals surface area contributed by atoms with E-state index in [1.54, 1.807) is 0 Å². The predicted molar refractivity (Wildman–Crippen MR) is 66.7 cm³/mol. The standard InChI is InChI=1S/C15H18O3/c1-10(2)15-12(9-14(16)18-15)8-13(17-15)11-6-4-3-5-7-11/h3-7,10,12-13H,8-9H2,1-2H3/t12-,13+,15+/m1/s1. The van der Waals surface area contributed by atoms with Gasteiger partial charge in [-0.05, 0) is 12.0 Å². The SMILES string of the molecule is CC(C)[C@]12OC(=O)C[C@H]1C[C@@H](c1ccccc1)O2. The second-order valence-corrected chi connectivity index (χ2v) is 5.50. The molecule has 2 fully saturated rings. The minimum Gasteiger partial charge on any atom is -0.432 e. The summed E-state index contributed by atoms with van der Waals surface area (Å²) >= 11 is 0. The monoisotopic (exact) mass is 246 g/mol. The average Bonchev–Trinajstić information content (AvgIpc) is 2.84. The summed E-state index contributed by atoms with van der Waals surface area (Å²) in [4.78, 5) is 11.5. The number of hydrogen-bond acceptors (Lipinski definition) is 3. The lowest BCUT2D eigenvalue weighted by Gasteiger charge is -2.31. The minimum absolute atomic E-state index is 0.0479. The predicted octanol–water partition coefficient (Wildman–Crippen LogP) is 3.06. The van der Waals surface area contributed by atoms with E-state index in [2.05, 4.69) is 26.0 Å². The summed E-state index contributed by atoms with van der Waals surface area (Å²) in [5.41, 5.74) is 1.17. The average molecular weight is 246 g/mol. The summed E-state index contributed by atoms with van der Waals surface area (Å²) in [7, 11) is 0. The van der Waals surface area contributed by atoms with Crippen LogP contribution in [0.4, 0.5) is 0 Å². The van der Waals surface area contributed by atoms with Crippen LogP contribution in [0.5, 0.6) is 0 Å². The van der Waals surface area contributed by atoms with Crippen LogP contribution in [0.3, 0.4) is 0 Å². The number of carbonyl (C=O) groups excluding carboxylic acids is 1. The summed E-state index contributed by atoms with van der Waals surface area (Å²) in [6.45, 7) is 4.11. The Morgan fingerprint density at radius 3 is 2.61 bits per heavy atom. The molecule has 3 heteroatoms. The number of rotatable bonds is 2. The van der Waals surface area contributed by atoms with E-state index in [0.717, 1.165) is 6.42 Å². The van der Waals surface area contributed by atoms with Crippen molar-refractivity contribution in [1.82, 2.24) is 0 Å². The maximum atomic E-state index is 11.5. The van der Waals surface area contributed by atoms with E-state index in [-0.39, 0.29) is 23.9 Å². The van der Waals surface area contributed by atoms with E-state index in [0.29, 0.717) is 6.42 Å². The first-order valence-electron chi connectivity index (χ1n) is 6.56. The Hall–Kier alpha value is -1.35. The molecule has 96 valence electrons. The van der Waals surface area contributed by atoms with Crippen LogP contribution < -0.4 is 0 Å². The van der Waals surface area contributed by atoms with Gasteiger partial charge in [0, 0.05) is 11.8 Å². The van der Waals surface area contributed by atoms with E-state index >= 15 is 0 Å². The Morgan fingerprint density at radius 2 is 2.00 bits per heavy atom. The molecule has 3 atom stereocenters. The molecule has 0 bridgehead atoms. The van der Waals surface area contributed by atoms with Gasteiger partial charge in [-0.3, -0.25) is 4.79 Å². The normalized spacial score (nSPS) is 34.7. The van der Waals surface area contributed by atoms with Gasteiger partial charge >= 0.3 is 5.97 Å². The molecule has 0 saturated carbocycles. The second-order valence-electron chi connectivity index (χ2n) is 5.50. The van der Waals surface area contributed by atoms with Gasteiger partial charge in [0.2, 0.25) is 5.79 Å². The third-order valence-corrected chi connectivity index (χ3v) is 4.06. The van der Waals surface area contributed by atoms with Gasteiger partial charge in [0.15, 0.2) is 0 Å². The van der Waals surface area contributed by atoms with Crippen LogP contribution in [0.2, 0.25) is 0 Å². The Bertz CT molecular complexity index is 454. The summed E-state index contributed by atoms with van der Waals surface area (Å²) in [6.07, 6.45) is 1.40. The second kappa shape index (κ2) is 4.09. The fourth-order valence-electron chi connectivity index (χ4n) is 3.14. The van der Waals surface area contributed by atoms with Gasteiger partial charge in [0.25, 0.3) is 0 Å². The van der Waals surface area contributed by atoms with Gasteiger partial charge in [-0.2, -0.15) is 0 Å². The lowest BCUT2D eigenvalue weighted by Crippen LogP contribution is -2.39. The summed E-state index contributed by atoms with van der Waals surface area (Å²) < 4.78 is 11.7. The quantitative estimate of drug-likeness (QED) is 0.752. The van der Waals surface area contributed by atoms with E-state index in [1.807, 2.05) is 18.2 Å². The first kappa shape index (κ1) is 11.7. The number of esters is 1. The van der Waals surface area contributed by atoms with E-state index in [9.17, 15) is 4.79 Å². The van der Waals surface area contributed by atoms with Crippen molar-refractivity contribution < 1.29 is 14.3 Å². The molecule has 0 spiro atoms. The number of hydrogen-bond donors (Lipinski definition) is 0. The maximum Gasteiger partial charge on any atom is 0.308 e. The minimum atomic E-state index is -0.697. The van der Waals surface area contributed by atoms with Gasteiger partial charge in [-0.25, -0.2) is 0 Å². The number of fused-ring (bicyclic) bond motifs is 1. The Morgan fingerprint density at radius 1 is 1.28 bits per heavy atom. The third-order valence-electron chi connectivity index (χ3n) is 4.06. The van der Waals surface area contributed by atoms with Crippen LogP contribution in [0.1, 0.15) is 38.4 Å². The number of carbonyl (C=O) groups is 1. The van der Waals surface area contributed by atoms with Crippen LogP contribution in [0.25, 0.3) is 0 Å². The van der Waals surface area contributed by atoms with Crippen LogP contribution in [-0.4, -0.2) is 11.8 Å². The van der Waals surface area contributed by atoms with E-state index in [1.165, 1.54) is 5.56 Å². The highest BCUT2D eigenvalue weighted by Crippen LogP contribution is 2.53. The van der Waals surface area contributed by atoms with Gasteiger partial charge in [-0.15, -0.1) is 0 Å². The Balaban J connectivity index is 1.88. The number of benzene rings is 1. The maximum absolute atomic E-state index is 11.5. The third kappa shape index (κ3) is 1.65. The molecule has 2 heterocycles. The summed E-state index contributed by atoms with van der Waals surface area (Å²) in [5, 5.41) is 0. The molecule has 0 N–H and O–H groups in total. The summed E-state index contributed by atoms with van der Waals surface area (Å²) in [6, 6.07) is 10.2. The largest absolute Gasteiger partial charge is 0.432 e. The van der Waals surface area contributed by atoms with Crippen molar-refractivity contribution in [3.8, 4) is 0 Å². The van der Waals surface area contributed by atoms with Crippen LogP contribution in [0.15, 0.2) is 30.3 Å². The highest BCUT2D eigenvalue weighted by molar-refractivity contribution is 5.73. The van der Waals surface area contributed by atoms with Crippen molar-refractivity contribution in [1.29, 1.82) is 0 Å². The van der Waals surface area contributed by atoms with Crippen molar-refractivity contribution in [3.63, 3.8) is 0 Å². The van der Waals surface area contributed by atoms with Crippen LogP contribution in [0, 0.1) is 11.8 Å². The van der Waals surface area contributed by atoms with Crippen molar-refractivity contribution in [2.75, 3.05) is 0 Å². The van der Waals surface area contributed by atoms with Gasteiger partial charge < -0.3 is 9.47 Å². The first-order chi connectivity index (χ1) is 8.62. The van der Waals surface area contributed by atoms with E-state index < -0.39 is 5.79 Å². The molecular formula is C15H18O3. The molecule has 1 aromatic rings. The molecule has 2 saturated heterocycles. The Kier molecular flexibility index (Phi) is 2.67. The molecule has 18 heavy (non-hydrogen) atoms. The zero-order chi connectivity index (χ0) is 12.8. The molecular weight excluding hydrogens is 228 g/mol. The van der Waals surface area contributed by atoms with Crippen molar-refractivity contribution in [2.45, 2.75) is 38.6 Å². The molecule has 1 aromatic carbocycles. The van der Waals surface area contributed by atoms with Crippen molar-refractivity contribution in [3.05, 3.63) is 35.9 Å². The molecule has 2 aliphatic rings. The Labute approximate surface area is 107 Å². The smallest absolute Gasteiger partial charge is 0.308 e. The lowest BCUT2D eigenvalue weighted by atomic mass is 9.87. The van der Waals surface area contributed by atoms with Gasteiger partial charge in [0.1, 0.15) is 0 Å². The number of ether oxygens (including phenoxy) is 2. The van der Waals surface area contributed by atoms with Gasteiger partial charge in [-0.1, -0.05) is 44.2 Å². The zero-order valence-corrected chi connectivity index (χ0v) is 10.8. The molecule has 0 unspecified atom stereocenters. The van der Waals surface area contributed by atoms with Crippen LogP contribution in [-0.2, 0) is 14.3 Å². The van der Waals surface area contributed by atoms with Crippen molar-refractivity contribution in [2.24, 2.45) is 11.8 Å². The fraction of sp³-hybridized carbons (Fsp3) is 0.533. The molecule has 0 aromatic heterocycles. The molecule has 3 rings (SSSR count). The topological polar surface area (TPSA) is 35.5 Å². The van der Waals surface area contributed by atoms with Gasteiger partial charge in [0.05, 0.1) is 12.5 Å².